The molecule has 26 heavy (non-hydrogen) atoms. The smallest absolute Gasteiger partial charge is 0.126 e. The number of hydrogen-bond acceptors (Lipinski definition) is 4. The molecule has 0 aliphatic carbocycles. The van der Waals surface area contributed by atoms with Crippen LogP contribution in [0, 0.1) is 5.82 Å². The van der Waals surface area contributed by atoms with E-state index in [0.29, 0.717) is 43.2 Å². The number of benzene rings is 2. The van der Waals surface area contributed by atoms with Gasteiger partial charge in [-0.3, -0.25) is 0 Å². The Labute approximate surface area is 157 Å². The second-order valence-electron chi connectivity index (χ2n) is 6.76. The third kappa shape index (κ3) is 4.95. The highest BCUT2D eigenvalue weighted by atomic mass is 35.5. The van der Waals surface area contributed by atoms with E-state index >= 15 is 0 Å². The van der Waals surface area contributed by atoms with Gasteiger partial charge in [0.1, 0.15) is 24.3 Å². The first-order valence-electron chi connectivity index (χ1n) is 8.72. The molecule has 2 N–H and O–H groups in total. The molecule has 1 unspecified atom stereocenters. The molecule has 6 heteroatoms. The molecule has 1 saturated heterocycles. The van der Waals surface area contributed by atoms with Crippen LogP contribution >= 0.6 is 11.6 Å². The first kappa shape index (κ1) is 19.1. The molecular formula is C20H23ClFNO3. The predicted molar refractivity (Wildman–Crippen MR) is 98.9 cm³/mol. The fourth-order valence-electron chi connectivity index (χ4n) is 3.25. The molecule has 140 valence electrons. The van der Waals surface area contributed by atoms with Crippen molar-refractivity contribution in [3.8, 4) is 5.75 Å². The molecule has 0 bridgehead atoms. The molecule has 4 nitrogen and oxygen atoms in total. The van der Waals surface area contributed by atoms with Crippen LogP contribution in [-0.4, -0.2) is 47.5 Å². The van der Waals surface area contributed by atoms with Gasteiger partial charge in [0.15, 0.2) is 0 Å². The average molecular weight is 380 g/mol. The molecule has 0 amide bonds. The summed E-state index contributed by atoms with van der Waals surface area (Å²) in [5, 5.41) is 21.7. The summed E-state index contributed by atoms with van der Waals surface area (Å²) in [7, 11) is 0. The molecule has 1 atom stereocenters. The third-order valence-corrected chi connectivity index (χ3v) is 5.02. The number of nitrogens with zero attached hydrogens (tertiary/aromatic N) is 1. The first-order chi connectivity index (χ1) is 12.4. The predicted octanol–water partition coefficient (Wildman–Crippen LogP) is 3.20. The van der Waals surface area contributed by atoms with E-state index in [0.717, 1.165) is 5.56 Å². The van der Waals surface area contributed by atoms with E-state index < -0.39 is 11.7 Å². The Kier molecular flexibility index (Phi) is 6.14. The molecule has 3 rings (SSSR count). The first-order valence-corrected chi connectivity index (χ1v) is 9.10. The van der Waals surface area contributed by atoms with Gasteiger partial charge >= 0.3 is 0 Å². The van der Waals surface area contributed by atoms with E-state index in [2.05, 4.69) is 4.90 Å². The summed E-state index contributed by atoms with van der Waals surface area (Å²) in [4.78, 5) is 2.10. The summed E-state index contributed by atoms with van der Waals surface area (Å²) < 4.78 is 18.6. The van der Waals surface area contributed by atoms with Gasteiger partial charge in [-0.2, -0.15) is 0 Å². The molecule has 0 spiro atoms. The molecule has 2 aromatic carbocycles. The van der Waals surface area contributed by atoms with Gasteiger partial charge in [-0.25, -0.2) is 4.39 Å². The van der Waals surface area contributed by atoms with Crippen molar-refractivity contribution in [1.29, 1.82) is 0 Å². The third-order valence-electron chi connectivity index (χ3n) is 4.77. The van der Waals surface area contributed by atoms with Gasteiger partial charge in [0.25, 0.3) is 0 Å². The number of hydrogen-bond donors (Lipinski definition) is 2. The Morgan fingerprint density at radius 2 is 1.85 bits per heavy atom. The number of halogens is 2. The van der Waals surface area contributed by atoms with Crippen LogP contribution in [0.4, 0.5) is 4.39 Å². The lowest BCUT2D eigenvalue weighted by Crippen LogP contribution is -2.46. The van der Waals surface area contributed by atoms with E-state index in [1.54, 1.807) is 24.3 Å². The van der Waals surface area contributed by atoms with Crippen molar-refractivity contribution in [2.75, 3.05) is 26.2 Å². The highest BCUT2D eigenvalue weighted by molar-refractivity contribution is 6.30. The zero-order valence-electron chi connectivity index (χ0n) is 14.4. The topological polar surface area (TPSA) is 52.9 Å². The van der Waals surface area contributed by atoms with E-state index in [1.165, 1.54) is 12.1 Å². The number of aliphatic hydroxyl groups is 2. The Balaban J connectivity index is 1.46. The van der Waals surface area contributed by atoms with Crippen LogP contribution in [0.1, 0.15) is 18.4 Å². The number of β-amino-alcohol motifs (C(OH)–C–C–N with tert-alkyl or cyclic N) is 1. The quantitative estimate of drug-likeness (QED) is 0.809. The van der Waals surface area contributed by atoms with E-state index in [1.807, 2.05) is 12.1 Å². The zero-order chi connectivity index (χ0) is 18.6. The summed E-state index contributed by atoms with van der Waals surface area (Å²) in [6.45, 7) is 1.90. The molecule has 1 heterocycles. The Bertz CT molecular complexity index is 717. The van der Waals surface area contributed by atoms with Crippen molar-refractivity contribution < 1.29 is 19.3 Å². The number of piperidine rings is 1. The lowest BCUT2D eigenvalue weighted by atomic mass is 9.84. The van der Waals surface area contributed by atoms with Gasteiger partial charge in [-0.1, -0.05) is 29.8 Å². The van der Waals surface area contributed by atoms with Crippen molar-refractivity contribution in [2.45, 2.75) is 24.5 Å². The molecule has 0 radical (unpaired) electrons. The molecule has 1 aliphatic heterocycles. The van der Waals surface area contributed by atoms with E-state index in [4.69, 9.17) is 16.3 Å². The fraction of sp³-hybridized carbons (Fsp3) is 0.400. The van der Waals surface area contributed by atoms with Crippen LogP contribution in [0.2, 0.25) is 5.02 Å². The molecule has 1 fully saturated rings. The van der Waals surface area contributed by atoms with Crippen LogP contribution in [0.15, 0.2) is 48.5 Å². The Morgan fingerprint density at radius 1 is 1.15 bits per heavy atom. The fourth-order valence-corrected chi connectivity index (χ4v) is 3.38. The summed E-state index contributed by atoms with van der Waals surface area (Å²) >= 11 is 5.91. The van der Waals surface area contributed by atoms with E-state index in [-0.39, 0.29) is 12.4 Å². The van der Waals surface area contributed by atoms with Crippen molar-refractivity contribution >= 4 is 11.6 Å². The summed E-state index contributed by atoms with van der Waals surface area (Å²) in [5.74, 6) is 0.0364. The molecule has 2 aromatic rings. The molecule has 0 aromatic heterocycles. The average Bonchev–Trinajstić information content (AvgIpc) is 2.63. The maximum Gasteiger partial charge on any atom is 0.126 e. The number of aliphatic hydroxyl groups excluding tert-OH is 1. The maximum absolute atomic E-state index is 13.1. The summed E-state index contributed by atoms with van der Waals surface area (Å²) in [6.07, 6.45) is 0.498. The number of ether oxygens (including phenoxy) is 1. The number of rotatable bonds is 6. The highest BCUT2D eigenvalue weighted by Gasteiger charge is 2.34. The lowest BCUT2D eigenvalue weighted by molar-refractivity contribution is -0.0372. The van der Waals surface area contributed by atoms with Crippen molar-refractivity contribution in [3.05, 3.63) is 64.9 Å². The Morgan fingerprint density at radius 3 is 2.50 bits per heavy atom. The second kappa shape index (κ2) is 8.35. The van der Waals surface area contributed by atoms with Gasteiger partial charge in [-0.15, -0.1) is 0 Å². The minimum absolute atomic E-state index is 0.0986. The van der Waals surface area contributed by atoms with Crippen LogP contribution in [0.3, 0.4) is 0 Å². The molecule has 0 saturated carbocycles. The van der Waals surface area contributed by atoms with Gasteiger partial charge < -0.3 is 19.8 Å². The highest BCUT2D eigenvalue weighted by Crippen LogP contribution is 2.33. The van der Waals surface area contributed by atoms with Gasteiger partial charge in [-0.05, 0) is 42.7 Å². The van der Waals surface area contributed by atoms with Crippen molar-refractivity contribution in [2.24, 2.45) is 0 Å². The van der Waals surface area contributed by atoms with Crippen LogP contribution in [0.5, 0.6) is 5.75 Å². The minimum Gasteiger partial charge on any atom is -0.491 e. The van der Waals surface area contributed by atoms with Crippen LogP contribution in [0.25, 0.3) is 0 Å². The Hall–Kier alpha value is -1.66. The van der Waals surface area contributed by atoms with Crippen molar-refractivity contribution in [3.63, 3.8) is 0 Å². The minimum atomic E-state index is -0.857. The summed E-state index contributed by atoms with van der Waals surface area (Å²) in [6, 6.07) is 13.2. The summed E-state index contributed by atoms with van der Waals surface area (Å²) in [5.41, 5.74) is 0.0148. The normalized spacial score (nSPS) is 18.5. The second-order valence-corrected chi connectivity index (χ2v) is 7.20. The van der Waals surface area contributed by atoms with Crippen LogP contribution < -0.4 is 4.74 Å². The van der Waals surface area contributed by atoms with Crippen LogP contribution in [-0.2, 0) is 5.60 Å². The zero-order valence-corrected chi connectivity index (χ0v) is 15.2. The largest absolute Gasteiger partial charge is 0.491 e. The van der Waals surface area contributed by atoms with E-state index in [9.17, 15) is 14.6 Å². The number of likely N-dealkylation sites (tertiary alicyclic amines) is 1. The van der Waals surface area contributed by atoms with Gasteiger partial charge in [0.2, 0.25) is 0 Å². The van der Waals surface area contributed by atoms with Crippen molar-refractivity contribution in [1.82, 2.24) is 4.90 Å². The molecule has 1 aliphatic rings. The standard InChI is InChI=1S/C20H23ClFNO3/c21-16-6-4-15(5-7-16)20(25)8-10-23(11-9-20)13-18(24)14-26-19-3-1-2-17(22)12-19/h1-7,12,18,24-25H,8-11,13-14H2. The lowest BCUT2D eigenvalue weighted by Gasteiger charge is -2.39. The maximum atomic E-state index is 13.1. The SMILES string of the molecule is OC(COc1cccc(F)c1)CN1CCC(O)(c2ccc(Cl)cc2)CC1. The van der Waals surface area contributed by atoms with Gasteiger partial charge in [0, 0.05) is 30.7 Å². The van der Waals surface area contributed by atoms with Gasteiger partial charge in [0.05, 0.1) is 5.60 Å². The monoisotopic (exact) mass is 379 g/mol. The molecular weight excluding hydrogens is 357 g/mol.